The molecule has 0 aliphatic rings. The highest BCUT2D eigenvalue weighted by Crippen LogP contribution is 2.19. The maximum absolute atomic E-state index is 12.2. The summed E-state index contributed by atoms with van der Waals surface area (Å²) in [4.78, 5) is 32.0. The van der Waals surface area contributed by atoms with Gasteiger partial charge in [0.25, 0.3) is 0 Å². The van der Waals surface area contributed by atoms with Gasteiger partial charge in [0.2, 0.25) is 5.91 Å². The first kappa shape index (κ1) is 17.7. The number of rotatable bonds is 5. The molecule has 3 rings (SSSR count). The van der Waals surface area contributed by atoms with Crippen LogP contribution >= 0.6 is 11.3 Å². The third-order valence-electron chi connectivity index (χ3n) is 4.04. The fourth-order valence-corrected chi connectivity index (χ4v) is 3.43. The number of carbonyl (C=O) groups is 2. The van der Waals surface area contributed by atoms with Crippen LogP contribution < -0.4 is 5.32 Å². The summed E-state index contributed by atoms with van der Waals surface area (Å²) < 4.78 is 1.62. The molecule has 0 aromatic carbocycles. The average Bonchev–Trinajstić information content (AvgIpc) is 3.21. The Bertz CT molecular complexity index is 1060. The van der Waals surface area contributed by atoms with Gasteiger partial charge in [0.05, 0.1) is 6.20 Å². The number of fused-ring (bicyclic) bond motifs is 1. The van der Waals surface area contributed by atoms with Crippen molar-refractivity contribution in [1.82, 2.24) is 19.6 Å². The van der Waals surface area contributed by atoms with Crippen molar-refractivity contribution in [1.29, 1.82) is 5.26 Å². The van der Waals surface area contributed by atoms with Crippen LogP contribution in [0.15, 0.2) is 11.6 Å². The predicted octanol–water partition coefficient (Wildman–Crippen LogP) is 2.45. The van der Waals surface area contributed by atoms with E-state index in [4.69, 9.17) is 5.26 Å². The van der Waals surface area contributed by atoms with Crippen LogP contribution in [0.1, 0.15) is 46.3 Å². The van der Waals surface area contributed by atoms with E-state index < -0.39 is 0 Å². The Morgan fingerprint density at radius 1 is 1.35 bits per heavy atom. The molecular weight excluding hydrogens is 352 g/mol. The summed E-state index contributed by atoms with van der Waals surface area (Å²) in [6.07, 6.45) is 2.22. The number of nitriles is 1. The van der Waals surface area contributed by atoms with Crippen molar-refractivity contribution < 1.29 is 9.59 Å². The standard InChI is InChI=1S/C17H16N6O2S/c1-9-13(10(2)23-16(20-9)12(6-18)7-19-23)4-5-15(25)22-17-21-14(8-26-17)11(3)24/h7-8H,4-5H2,1-3H3,(H,21,22,25). The summed E-state index contributed by atoms with van der Waals surface area (Å²) in [7, 11) is 0. The van der Waals surface area contributed by atoms with Crippen molar-refractivity contribution in [3.8, 4) is 6.07 Å². The topological polar surface area (TPSA) is 113 Å². The van der Waals surface area contributed by atoms with Crippen LogP contribution in [0.3, 0.4) is 0 Å². The number of hydrogen-bond donors (Lipinski definition) is 1. The number of anilines is 1. The number of carbonyl (C=O) groups excluding carboxylic acids is 2. The maximum Gasteiger partial charge on any atom is 0.226 e. The van der Waals surface area contributed by atoms with Crippen LogP contribution in [0.4, 0.5) is 5.13 Å². The minimum atomic E-state index is -0.188. The Kier molecular flexibility index (Phi) is 4.77. The second-order valence-electron chi connectivity index (χ2n) is 5.81. The lowest BCUT2D eigenvalue weighted by Crippen LogP contribution is -2.14. The predicted molar refractivity (Wildman–Crippen MR) is 96.2 cm³/mol. The van der Waals surface area contributed by atoms with Crippen LogP contribution in [-0.2, 0) is 11.2 Å². The van der Waals surface area contributed by atoms with Gasteiger partial charge in [-0.15, -0.1) is 11.3 Å². The normalized spacial score (nSPS) is 10.7. The largest absolute Gasteiger partial charge is 0.302 e. The monoisotopic (exact) mass is 368 g/mol. The van der Waals surface area contributed by atoms with E-state index in [0.717, 1.165) is 17.0 Å². The number of ketones is 1. The van der Waals surface area contributed by atoms with Crippen LogP contribution in [-0.4, -0.2) is 31.3 Å². The first-order valence-electron chi connectivity index (χ1n) is 7.91. The molecule has 1 amide bonds. The van der Waals surface area contributed by atoms with Gasteiger partial charge in [0, 0.05) is 30.1 Å². The lowest BCUT2D eigenvalue weighted by Gasteiger charge is -2.10. The molecule has 0 saturated carbocycles. The van der Waals surface area contributed by atoms with Crippen molar-refractivity contribution in [2.75, 3.05) is 5.32 Å². The third-order valence-corrected chi connectivity index (χ3v) is 4.80. The molecule has 3 heterocycles. The molecule has 1 N–H and O–H groups in total. The first-order chi connectivity index (χ1) is 12.4. The number of nitrogens with zero attached hydrogens (tertiary/aromatic N) is 5. The Balaban J connectivity index is 1.73. The minimum Gasteiger partial charge on any atom is -0.302 e. The van der Waals surface area contributed by atoms with E-state index in [1.165, 1.54) is 24.5 Å². The van der Waals surface area contributed by atoms with Gasteiger partial charge in [0.1, 0.15) is 17.3 Å². The molecule has 9 heteroatoms. The molecule has 0 aliphatic carbocycles. The molecule has 0 fully saturated rings. The fourth-order valence-electron chi connectivity index (χ4n) is 2.66. The molecule has 0 saturated heterocycles. The summed E-state index contributed by atoms with van der Waals surface area (Å²) in [6.45, 7) is 5.18. The Morgan fingerprint density at radius 2 is 2.12 bits per heavy atom. The summed E-state index contributed by atoms with van der Waals surface area (Å²) in [5.41, 5.74) is 3.84. The zero-order valence-corrected chi connectivity index (χ0v) is 15.3. The summed E-state index contributed by atoms with van der Waals surface area (Å²) in [5, 5.41) is 18.0. The van der Waals surface area contributed by atoms with Crippen molar-refractivity contribution in [3.05, 3.63) is 39.8 Å². The molecule has 0 bridgehead atoms. The molecule has 26 heavy (non-hydrogen) atoms. The summed E-state index contributed by atoms with van der Waals surface area (Å²) in [5.74, 6) is -0.324. The SMILES string of the molecule is CC(=O)c1csc(NC(=O)CCc2c(C)nc3c(C#N)cnn3c2C)n1. The highest BCUT2D eigenvalue weighted by Gasteiger charge is 2.15. The van der Waals surface area contributed by atoms with Gasteiger partial charge >= 0.3 is 0 Å². The number of Topliss-reactive ketones (excluding diaryl/α,β-unsaturated/α-hetero) is 1. The maximum atomic E-state index is 12.2. The highest BCUT2D eigenvalue weighted by atomic mass is 32.1. The summed E-state index contributed by atoms with van der Waals surface area (Å²) in [6, 6.07) is 2.07. The quantitative estimate of drug-likeness (QED) is 0.692. The van der Waals surface area contributed by atoms with Crippen molar-refractivity contribution in [2.24, 2.45) is 0 Å². The lowest BCUT2D eigenvalue weighted by atomic mass is 10.1. The van der Waals surface area contributed by atoms with Crippen LogP contribution in [0.2, 0.25) is 0 Å². The highest BCUT2D eigenvalue weighted by molar-refractivity contribution is 7.14. The molecule has 8 nitrogen and oxygen atoms in total. The van der Waals surface area contributed by atoms with Gasteiger partial charge in [-0.3, -0.25) is 9.59 Å². The zero-order chi connectivity index (χ0) is 18.8. The minimum absolute atomic E-state index is 0.136. The van der Waals surface area contributed by atoms with Gasteiger partial charge in [-0.1, -0.05) is 0 Å². The van der Waals surface area contributed by atoms with Crippen molar-refractivity contribution in [2.45, 2.75) is 33.6 Å². The fraction of sp³-hybridized carbons (Fsp3) is 0.294. The van der Waals surface area contributed by atoms with E-state index in [1.807, 2.05) is 13.8 Å². The molecule has 0 atom stereocenters. The molecule has 3 aromatic heterocycles. The molecule has 0 aliphatic heterocycles. The van der Waals surface area contributed by atoms with Crippen LogP contribution in [0, 0.1) is 25.2 Å². The van der Waals surface area contributed by atoms with Crippen molar-refractivity contribution in [3.63, 3.8) is 0 Å². The van der Waals surface area contributed by atoms with E-state index in [1.54, 1.807) is 9.90 Å². The van der Waals surface area contributed by atoms with E-state index in [-0.39, 0.29) is 18.1 Å². The summed E-state index contributed by atoms with van der Waals surface area (Å²) >= 11 is 1.22. The van der Waals surface area contributed by atoms with Gasteiger partial charge in [-0.2, -0.15) is 10.4 Å². The van der Waals surface area contributed by atoms with Gasteiger partial charge < -0.3 is 5.32 Å². The number of thiazole rings is 1. The lowest BCUT2D eigenvalue weighted by molar-refractivity contribution is -0.116. The Hall–Kier alpha value is -3.12. The second kappa shape index (κ2) is 7.01. The second-order valence-corrected chi connectivity index (χ2v) is 6.67. The van der Waals surface area contributed by atoms with E-state index in [0.29, 0.717) is 28.5 Å². The van der Waals surface area contributed by atoms with Crippen LogP contribution in [0.5, 0.6) is 0 Å². The number of hydrogen-bond acceptors (Lipinski definition) is 7. The molecular formula is C17H16N6O2S. The van der Waals surface area contributed by atoms with Crippen molar-refractivity contribution >= 4 is 33.8 Å². The number of nitrogens with one attached hydrogen (secondary N) is 1. The molecule has 0 unspecified atom stereocenters. The van der Waals surface area contributed by atoms with E-state index in [2.05, 4.69) is 26.5 Å². The Morgan fingerprint density at radius 3 is 2.77 bits per heavy atom. The van der Waals surface area contributed by atoms with Crippen LogP contribution in [0.25, 0.3) is 5.65 Å². The Labute approximate surface area is 153 Å². The van der Waals surface area contributed by atoms with Gasteiger partial charge in [-0.25, -0.2) is 14.5 Å². The molecule has 132 valence electrons. The number of aryl methyl sites for hydroxylation is 2. The van der Waals surface area contributed by atoms with E-state index in [9.17, 15) is 9.59 Å². The van der Waals surface area contributed by atoms with Gasteiger partial charge in [-0.05, 0) is 25.8 Å². The number of amides is 1. The molecule has 0 radical (unpaired) electrons. The zero-order valence-electron chi connectivity index (χ0n) is 14.5. The first-order valence-corrected chi connectivity index (χ1v) is 8.79. The van der Waals surface area contributed by atoms with E-state index >= 15 is 0 Å². The third kappa shape index (κ3) is 3.32. The smallest absolute Gasteiger partial charge is 0.226 e. The number of aromatic nitrogens is 4. The molecule has 0 spiro atoms. The van der Waals surface area contributed by atoms with Gasteiger partial charge in [0.15, 0.2) is 16.6 Å². The average molecular weight is 368 g/mol. The molecule has 3 aromatic rings.